The van der Waals surface area contributed by atoms with Gasteiger partial charge in [-0.25, -0.2) is 4.52 Å². The SMILES string of the molecule is Cc1cnn2c(C)coc12. The van der Waals surface area contributed by atoms with Gasteiger partial charge in [-0.05, 0) is 13.8 Å². The smallest absolute Gasteiger partial charge is 0.224 e. The third kappa shape index (κ3) is 0.518. The highest BCUT2D eigenvalue weighted by Crippen LogP contribution is 2.11. The van der Waals surface area contributed by atoms with Crippen LogP contribution in [0.2, 0.25) is 0 Å². The summed E-state index contributed by atoms with van der Waals surface area (Å²) in [6.07, 6.45) is 3.50. The van der Waals surface area contributed by atoms with Crippen LogP contribution in [0.3, 0.4) is 0 Å². The molecule has 0 amide bonds. The average molecular weight is 136 g/mol. The number of hydrogen-bond donors (Lipinski definition) is 0. The van der Waals surface area contributed by atoms with Crippen LogP contribution in [0.25, 0.3) is 5.71 Å². The van der Waals surface area contributed by atoms with Gasteiger partial charge in [0.15, 0.2) is 0 Å². The molecule has 0 aliphatic heterocycles. The Morgan fingerprint density at radius 1 is 1.50 bits per heavy atom. The number of rotatable bonds is 0. The third-order valence-corrected chi connectivity index (χ3v) is 1.57. The molecule has 0 saturated heterocycles. The molecule has 0 aromatic carbocycles. The minimum atomic E-state index is 0.845. The summed E-state index contributed by atoms with van der Waals surface area (Å²) in [5.41, 5.74) is 2.95. The molecule has 0 N–H and O–H groups in total. The molecular formula is C7H8N2O. The van der Waals surface area contributed by atoms with Crippen LogP contribution >= 0.6 is 0 Å². The summed E-state index contributed by atoms with van der Waals surface area (Å²) in [6.45, 7) is 3.94. The molecule has 0 saturated carbocycles. The van der Waals surface area contributed by atoms with Crippen LogP contribution in [0.1, 0.15) is 11.3 Å². The normalized spacial score (nSPS) is 11.0. The van der Waals surface area contributed by atoms with E-state index in [0.717, 1.165) is 17.0 Å². The zero-order valence-electron chi connectivity index (χ0n) is 5.96. The lowest BCUT2D eigenvalue weighted by Gasteiger charge is -1.80. The highest BCUT2D eigenvalue weighted by Gasteiger charge is 2.03. The minimum Gasteiger partial charge on any atom is -0.444 e. The fourth-order valence-electron chi connectivity index (χ4n) is 1.00. The van der Waals surface area contributed by atoms with E-state index in [9.17, 15) is 0 Å². The molecule has 0 unspecified atom stereocenters. The number of hydrogen-bond acceptors (Lipinski definition) is 2. The van der Waals surface area contributed by atoms with E-state index in [1.54, 1.807) is 17.0 Å². The molecule has 0 bridgehead atoms. The van der Waals surface area contributed by atoms with Crippen molar-refractivity contribution in [2.75, 3.05) is 0 Å². The monoisotopic (exact) mass is 136 g/mol. The Hall–Kier alpha value is -1.25. The standard InChI is InChI=1S/C7H8N2O/c1-5-3-8-9-6(2)4-10-7(5)9/h3-4H,1-2H3. The number of aromatic nitrogens is 2. The molecule has 0 atom stereocenters. The maximum absolute atomic E-state index is 5.22. The molecule has 3 nitrogen and oxygen atoms in total. The molecule has 0 fully saturated rings. The quantitative estimate of drug-likeness (QED) is 0.550. The van der Waals surface area contributed by atoms with Gasteiger partial charge in [-0.3, -0.25) is 0 Å². The Morgan fingerprint density at radius 3 is 3.00 bits per heavy atom. The lowest BCUT2D eigenvalue weighted by atomic mass is 10.4. The van der Waals surface area contributed by atoms with Crippen molar-refractivity contribution >= 4 is 5.71 Å². The fourth-order valence-corrected chi connectivity index (χ4v) is 1.00. The highest BCUT2D eigenvalue weighted by atomic mass is 16.3. The molecule has 0 radical (unpaired) electrons. The summed E-state index contributed by atoms with van der Waals surface area (Å²) in [5, 5.41) is 4.10. The third-order valence-electron chi connectivity index (χ3n) is 1.57. The first-order valence-corrected chi connectivity index (χ1v) is 3.17. The van der Waals surface area contributed by atoms with Crippen molar-refractivity contribution in [3.63, 3.8) is 0 Å². The fraction of sp³-hybridized carbons (Fsp3) is 0.286. The maximum atomic E-state index is 5.22. The summed E-state index contributed by atoms with van der Waals surface area (Å²) in [6, 6.07) is 0. The maximum Gasteiger partial charge on any atom is 0.224 e. The molecule has 0 spiro atoms. The van der Waals surface area contributed by atoms with Gasteiger partial charge in [-0.2, -0.15) is 5.10 Å². The van der Waals surface area contributed by atoms with Crippen LogP contribution in [0.15, 0.2) is 16.9 Å². The van der Waals surface area contributed by atoms with E-state index >= 15 is 0 Å². The van der Waals surface area contributed by atoms with Crippen molar-refractivity contribution in [1.29, 1.82) is 0 Å². The molecule has 52 valence electrons. The predicted octanol–water partition coefficient (Wildman–Crippen LogP) is 1.54. The van der Waals surface area contributed by atoms with Crippen LogP contribution in [0, 0.1) is 13.8 Å². The van der Waals surface area contributed by atoms with Crippen LogP contribution in [0.5, 0.6) is 0 Å². The Morgan fingerprint density at radius 2 is 2.30 bits per heavy atom. The summed E-state index contributed by atoms with van der Waals surface area (Å²) in [4.78, 5) is 0. The first-order valence-electron chi connectivity index (χ1n) is 3.17. The number of fused-ring (bicyclic) bond motifs is 1. The van der Waals surface area contributed by atoms with Crippen LogP contribution in [-0.4, -0.2) is 9.61 Å². The Bertz CT molecular complexity index is 322. The van der Waals surface area contributed by atoms with Crippen LogP contribution in [0.4, 0.5) is 0 Å². The Balaban J connectivity index is 2.95. The van der Waals surface area contributed by atoms with E-state index < -0.39 is 0 Å². The predicted molar refractivity (Wildman–Crippen MR) is 36.9 cm³/mol. The first-order chi connectivity index (χ1) is 4.79. The molecule has 3 heteroatoms. The van der Waals surface area contributed by atoms with E-state index in [-0.39, 0.29) is 0 Å². The van der Waals surface area contributed by atoms with Gasteiger partial charge in [-0.1, -0.05) is 0 Å². The zero-order chi connectivity index (χ0) is 7.14. The van der Waals surface area contributed by atoms with E-state index in [0.29, 0.717) is 0 Å². The molecule has 10 heavy (non-hydrogen) atoms. The second kappa shape index (κ2) is 1.62. The van der Waals surface area contributed by atoms with Crippen molar-refractivity contribution in [2.45, 2.75) is 13.8 Å². The second-order valence-corrected chi connectivity index (χ2v) is 2.42. The summed E-state index contributed by atoms with van der Waals surface area (Å²) >= 11 is 0. The average Bonchev–Trinajstić information content (AvgIpc) is 2.41. The molecule has 2 rings (SSSR count). The summed E-state index contributed by atoms with van der Waals surface area (Å²) < 4.78 is 7.01. The lowest BCUT2D eigenvalue weighted by molar-refractivity contribution is 0.603. The summed E-state index contributed by atoms with van der Waals surface area (Å²) in [5.74, 6) is 0. The Kier molecular flexibility index (Phi) is 0.897. The molecule has 2 aromatic rings. The minimum absolute atomic E-state index is 0.845. The zero-order valence-corrected chi connectivity index (χ0v) is 5.96. The molecule has 2 aromatic heterocycles. The van der Waals surface area contributed by atoms with Gasteiger partial charge >= 0.3 is 0 Å². The van der Waals surface area contributed by atoms with Gasteiger partial charge in [-0.15, -0.1) is 0 Å². The van der Waals surface area contributed by atoms with Gasteiger partial charge in [0.1, 0.15) is 6.26 Å². The number of nitrogens with zero attached hydrogens (tertiary/aromatic N) is 2. The number of oxazole rings is 1. The van der Waals surface area contributed by atoms with Crippen LogP contribution in [-0.2, 0) is 0 Å². The van der Waals surface area contributed by atoms with Crippen molar-refractivity contribution in [3.05, 3.63) is 23.7 Å². The molecule has 0 aliphatic rings. The van der Waals surface area contributed by atoms with Crippen molar-refractivity contribution < 1.29 is 4.42 Å². The van der Waals surface area contributed by atoms with E-state index in [2.05, 4.69) is 5.10 Å². The van der Waals surface area contributed by atoms with Gasteiger partial charge in [0.05, 0.1) is 11.9 Å². The van der Waals surface area contributed by atoms with Crippen molar-refractivity contribution in [3.8, 4) is 0 Å². The van der Waals surface area contributed by atoms with Gasteiger partial charge in [0.25, 0.3) is 0 Å². The first kappa shape index (κ1) is 5.53. The molecule has 0 aliphatic carbocycles. The highest BCUT2D eigenvalue weighted by molar-refractivity contribution is 5.42. The van der Waals surface area contributed by atoms with E-state index in [4.69, 9.17) is 4.42 Å². The van der Waals surface area contributed by atoms with Gasteiger partial charge < -0.3 is 4.42 Å². The molecular weight excluding hydrogens is 128 g/mol. The van der Waals surface area contributed by atoms with Crippen LogP contribution < -0.4 is 0 Å². The van der Waals surface area contributed by atoms with Gasteiger partial charge in [0.2, 0.25) is 5.71 Å². The lowest BCUT2D eigenvalue weighted by Crippen LogP contribution is -1.83. The largest absolute Gasteiger partial charge is 0.444 e. The van der Waals surface area contributed by atoms with Crippen molar-refractivity contribution in [2.24, 2.45) is 0 Å². The van der Waals surface area contributed by atoms with Crippen molar-refractivity contribution in [1.82, 2.24) is 9.61 Å². The second-order valence-electron chi connectivity index (χ2n) is 2.42. The molecule has 2 heterocycles. The topological polar surface area (TPSA) is 30.4 Å². The van der Waals surface area contributed by atoms with Gasteiger partial charge in [0, 0.05) is 5.56 Å². The summed E-state index contributed by atoms with van der Waals surface area (Å²) in [7, 11) is 0. The van der Waals surface area contributed by atoms with E-state index in [1.807, 2.05) is 13.8 Å². The number of aryl methyl sites for hydroxylation is 2. The van der Waals surface area contributed by atoms with E-state index in [1.165, 1.54) is 0 Å². The Labute approximate surface area is 58.3 Å².